The summed E-state index contributed by atoms with van der Waals surface area (Å²) < 4.78 is 13.7. The first-order chi connectivity index (χ1) is 13.1. The van der Waals surface area contributed by atoms with E-state index in [0.717, 1.165) is 22.2 Å². The van der Waals surface area contributed by atoms with Gasteiger partial charge in [0.05, 0.1) is 16.8 Å². The van der Waals surface area contributed by atoms with Crippen LogP contribution in [0.2, 0.25) is 0 Å². The normalized spacial score (nSPS) is 10.7. The Kier molecular flexibility index (Phi) is 4.38. The highest BCUT2D eigenvalue weighted by molar-refractivity contribution is 6.04. The number of benzene rings is 3. The Morgan fingerprint density at radius 3 is 2.48 bits per heavy atom. The Morgan fingerprint density at radius 2 is 1.70 bits per heavy atom. The highest BCUT2D eigenvalue weighted by Crippen LogP contribution is 2.23. The third-order valence-corrected chi connectivity index (χ3v) is 4.40. The zero-order valence-corrected chi connectivity index (χ0v) is 14.7. The number of hydrogen-bond donors (Lipinski definition) is 1. The largest absolute Gasteiger partial charge is 0.322 e. The summed E-state index contributed by atoms with van der Waals surface area (Å²) in [5, 5.41) is 3.82. The first-order valence-electron chi connectivity index (χ1n) is 8.64. The van der Waals surface area contributed by atoms with Crippen molar-refractivity contribution in [3.63, 3.8) is 0 Å². The maximum atomic E-state index is 13.7. The number of anilines is 1. The molecular formula is C23H17FN2O. The smallest absolute Gasteiger partial charge is 0.258 e. The summed E-state index contributed by atoms with van der Waals surface area (Å²) in [7, 11) is 0. The number of hydrogen-bond acceptors (Lipinski definition) is 2. The van der Waals surface area contributed by atoms with E-state index in [0.29, 0.717) is 5.69 Å². The summed E-state index contributed by atoms with van der Waals surface area (Å²) in [6.45, 7) is 2.06. The highest BCUT2D eigenvalue weighted by Gasteiger charge is 2.11. The molecule has 4 heteroatoms. The van der Waals surface area contributed by atoms with Gasteiger partial charge in [-0.05, 0) is 49.4 Å². The van der Waals surface area contributed by atoms with Gasteiger partial charge in [-0.2, -0.15) is 0 Å². The quantitative estimate of drug-likeness (QED) is 0.519. The van der Waals surface area contributed by atoms with E-state index in [4.69, 9.17) is 4.98 Å². The van der Waals surface area contributed by atoms with Crippen LogP contribution in [0.1, 0.15) is 15.9 Å². The Hall–Kier alpha value is -3.53. The van der Waals surface area contributed by atoms with E-state index in [-0.39, 0.29) is 5.56 Å². The lowest BCUT2D eigenvalue weighted by molar-refractivity contribution is 0.102. The van der Waals surface area contributed by atoms with Crippen molar-refractivity contribution < 1.29 is 9.18 Å². The molecule has 4 aromatic rings. The van der Waals surface area contributed by atoms with Gasteiger partial charge in [0.2, 0.25) is 0 Å². The van der Waals surface area contributed by atoms with Crippen LogP contribution in [0.4, 0.5) is 10.1 Å². The lowest BCUT2D eigenvalue weighted by atomic mass is 10.1. The molecule has 0 unspecified atom stereocenters. The summed E-state index contributed by atoms with van der Waals surface area (Å²) in [5.41, 5.74) is 4.57. The first kappa shape index (κ1) is 16.9. The monoisotopic (exact) mass is 356 g/mol. The number of aryl methyl sites for hydroxylation is 1. The number of pyridine rings is 1. The zero-order chi connectivity index (χ0) is 18.8. The predicted molar refractivity (Wildman–Crippen MR) is 106 cm³/mol. The Morgan fingerprint density at radius 1 is 0.926 bits per heavy atom. The van der Waals surface area contributed by atoms with Crippen LogP contribution < -0.4 is 5.32 Å². The second-order valence-corrected chi connectivity index (χ2v) is 6.40. The van der Waals surface area contributed by atoms with Crippen molar-refractivity contribution in [1.82, 2.24) is 4.98 Å². The van der Waals surface area contributed by atoms with Crippen LogP contribution in [0, 0.1) is 12.7 Å². The molecule has 0 aliphatic rings. The summed E-state index contributed by atoms with van der Waals surface area (Å²) in [6, 6.07) is 23.5. The highest BCUT2D eigenvalue weighted by atomic mass is 19.1. The van der Waals surface area contributed by atoms with Crippen LogP contribution >= 0.6 is 0 Å². The summed E-state index contributed by atoms with van der Waals surface area (Å²) >= 11 is 0. The SMILES string of the molecule is Cc1ccc2nc(-c3ccc(NC(=O)c4ccccc4F)cc3)ccc2c1. The number of halogens is 1. The zero-order valence-electron chi connectivity index (χ0n) is 14.7. The molecule has 0 spiro atoms. The van der Waals surface area contributed by atoms with E-state index in [2.05, 4.69) is 24.4 Å². The molecule has 0 aliphatic carbocycles. The van der Waals surface area contributed by atoms with Crippen molar-refractivity contribution >= 4 is 22.5 Å². The van der Waals surface area contributed by atoms with Gasteiger partial charge in [-0.15, -0.1) is 0 Å². The maximum Gasteiger partial charge on any atom is 0.258 e. The summed E-state index contributed by atoms with van der Waals surface area (Å²) in [6.07, 6.45) is 0. The molecular weight excluding hydrogens is 339 g/mol. The van der Waals surface area contributed by atoms with E-state index in [1.807, 2.05) is 30.3 Å². The molecule has 0 aliphatic heterocycles. The van der Waals surface area contributed by atoms with Crippen LogP contribution in [-0.2, 0) is 0 Å². The molecule has 3 aromatic carbocycles. The fourth-order valence-corrected chi connectivity index (χ4v) is 2.97. The van der Waals surface area contributed by atoms with Gasteiger partial charge >= 0.3 is 0 Å². The number of nitrogens with one attached hydrogen (secondary N) is 1. The van der Waals surface area contributed by atoms with E-state index >= 15 is 0 Å². The van der Waals surface area contributed by atoms with E-state index in [9.17, 15) is 9.18 Å². The number of carbonyl (C=O) groups excluding carboxylic acids is 1. The summed E-state index contributed by atoms with van der Waals surface area (Å²) in [4.78, 5) is 16.9. The standard InChI is InChI=1S/C23H17FN2O/c1-15-6-12-22-17(14-15)9-13-21(26-22)16-7-10-18(11-8-16)25-23(27)19-4-2-3-5-20(19)24/h2-14H,1H3,(H,25,27). The molecule has 0 fully saturated rings. The minimum absolute atomic E-state index is 0.0214. The van der Waals surface area contributed by atoms with Crippen LogP contribution in [0.3, 0.4) is 0 Å². The van der Waals surface area contributed by atoms with Gasteiger partial charge in [-0.3, -0.25) is 4.79 Å². The second kappa shape index (κ2) is 7.00. The lowest BCUT2D eigenvalue weighted by Gasteiger charge is -2.08. The third-order valence-electron chi connectivity index (χ3n) is 4.40. The van der Waals surface area contributed by atoms with Gasteiger partial charge in [0.15, 0.2) is 0 Å². The second-order valence-electron chi connectivity index (χ2n) is 6.40. The molecule has 0 saturated carbocycles. The van der Waals surface area contributed by atoms with E-state index < -0.39 is 11.7 Å². The molecule has 132 valence electrons. The number of nitrogens with zero attached hydrogens (tertiary/aromatic N) is 1. The summed E-state index contributed by atoms with van der Waals surface area (Å²) in [5.74, 6) is -1.01. The van der Waals surface area contributed by atoms with Crippen LogP contribution in [-0.4, -0.2) is 10.9 Å². The van der Waals surface area contributed by atoms with Crippen molar-refractivity contribution in [2.75, 3.05) is 5.32 Å². The molecule has 4 rings (SSSR count). The van der Waals surface area contributed by atoms with Gasteiger partial charge in [0.25, 0.3) is 5.91 Å². The minimum atomic E-state index is -0.540. The lowest BCUT2D eigenvalue weighted by Crippen LogP contribution is -2.13. The molecule has 0 saturated heterocycles. The fourth-order valence-electron chi connectivity index (χ4n) is 2.97. The molecule has 0 bridgehead atoms. The number of carbonyl (C=O) groups is 1. The van der Waals surface area contributed by atoms with Crippen LogP contribution in [0.25, 0.3) is 22.2 Å². The van der Waals surface area contributed by atoms with Crippen molar-refractivity contribution in [3.8, 4) is 11.3 Å². The van der Waals surface area contributed by atoms with E-state index in [1.54, 1.807) is 24.3 Å². The van der Waals surface area contributed by atoms with Gasteiger partial charge in [0, 0.05) is 16.6 Å². The molecule has 3 nitrogen and oxygen atoms in total. The molecule has 0 atom stereocenters. The number of rotatable bonds is 3. The topological polar surface area (TPSA) is 42.0 Å². The minimum Gasteiger partial charge on any atom is -0.322 e. The average molecular weight is 356 g/mol. The maximum absolute atomic E-state index is 13.7. The molecule has 1 aromatic heterocycles. The Balaban J connectivity index is 1.56. The van der Waals surface area contributed by atoms with Gasteiger partial charge < -0.3 is 5.32 Å². The van der Waals surface area contributed by atoms with Crippen molar-refractivity contribution in [1.29, 1.82) is 0 Å². The first-order valence-corrected chi connectivity index (χ1v) is 8.64. The fraction of sp³-hybridized carbons (Fsp3) is 0.0435. The van der Waals surface area contributed by atoms with E-state index in [1.165, 1.54) is 17.7 Å². The number of amides is 1. The van der Waals surface area contributed by atoms with Crippen molar-refractivity contribution in [2.24, 2.45) is 0 Å². The number of fused-ring (bicyclic) bond motifs is 1. The van der Waals surface area contributed by atoms with Crippen LogP contribution in [0.15, 0.2) is 78.9 Å². The van der Waals surface area contributed by atoms with Gasteiger partial charge in [0.1, 0.15) is 5.82 Å². The molecule has 1 N–H and O–H groups in total. The third kappa shape index (κ3) is 3.55. The Bertz CT molecular complexity index is 1140. The molecule has 1 amide bonds. The van der Waals surface area contributed by atoms with Crippen LogP contribution in [0.5, 0.6) is 0 Å². The van der Waals surface area contributed by atoms with Gasteiger partial charge in [-0.1, -0.05) is 42.0 Å². The molecule has 1 heterocycles. The molecule has 27 heavy (non-hydrogen) atoms. The van der Waals surface area contributed by atoms with Gasteiger partial charge in [-0.25, -0.2) is 9.37 Å². The van der Waals surface area contributed by atoms with Crippen molar-refractivity contribution in [2.45, 2.75) is 6.92 Å². The predicted octanol–water partition coefficient (Wildman–Crippen LogP) is 5.60. The molecule has 0 radical (unpaired) electrons. The number of aromatic nitrogens is 1. The average Bonchev–Trinajstić information content (AvgIpc) is 2.68. The van der Waals surface area contributed by atoms with Crippen molar-refractivity contribution in [3.05, 3.63) is 95.8 Å². The Labute approximate surface area is 156 Å².